The lowest BCUT2D eigenvalue weighted by Gasteiger charge is -2.21. The summed E-state index contributed by atoms with van der Waals surface area (Å²) in [5.41, 5.74) is -0.530. The molecule has 1 aliphatic heterocycles. The van der Waals surface area contributed by atoms with Gasteiger partial charge in [-0.25, -0.2) is 13.1 Å². The third-order valence-corrected chi connectivity index (χ3v) is 4.84. The summed E-state index contributed by atoms with van der Waals surface area (Å²) in [6.45, 7) is -0.0842. The summed E-state index contributed by atoms with van der Waals surface area (Å²) in [7, 11) is -4.53. The second-order valence-electron chi connectivity index (χ2n) is 5.09. The fourth-order valence-corrected chi connectivity index (χ4v) is 3.39. The number of nitro benzene ring substituents is 1. The predicted molar refractivity (Wildman–Crippen MR) is 74.4 cm³/mol. The number of halogens is 3. The van der Waals surface area contributed by atoms with Gasteiger partial charge in [0.15, 0.2) is 0 Å². The van der Waals surface area contributed by atoms with Gasteiger partial charge in [-0.1, -0.05) is 6.07 Å². The average molecular weight is 367 g/mol. The second-order valence-corrected chi connectivity index (χ2v) is 6.78. The van der Waals surface area contributed by atoms with Crippen LogP contribution in [0.5, 0.6) is 0 Å². The van der Waals surface area contributed by atoms with Gasteiger partial charge in [-0.2, -0.15) is 13.2 Å². The predicted octanol–water partition coefficient (Wildman–Crippen LogP) is 0.940. The van der Waals surface area contributed by atoms with Gasteiger partial charge in [-0.15, -0.1) is 0 Å². The Morgan fingerprint density at radius 1 is 1.38 bits per heavy atom. The van der Waals surface area contributed by atoms with Crippen molar-refractivity contribution < 1.29 is 31.3 Å². The number of nitrogens with zero attached hydrogens (tertiary/aromatic N) is 1. The molecule has 1 fully saturated rings. The molecule has 1 aliphatic rings. The van der Waals surface area contributed by atoms with E-state index in [1.165, 1.54) is 4.72 Å². The fourth-order valence-electron chi connectivity index (χ4n) is 2.35. The molecular weight excluding hydrogens is 355 g/mol. The zero-order valence-electron chi connectivity index (χ0n) is 11.9. The first-order valence-corrected chi connectivity index (χ1v) is 8.12. The number of amides is 1. The zero-order chi connectivity index (χ0) is 18.1. The van der Waals surface area contributed by atoms with Crippen LogP contribution in [-0.4, -0.2) is 38.0 Å². The topological polar surface area (TPSA) is 118 Å². The highest BCUT2D eigenvalue weighted by atomic mass is 32.2. The minimum absolute atomic E-state index is 0.0842. The normalized spacial score (nSPS) is 21.5. The van der Waals surface area contributed by atoms with Gasteiger partial charge >= 0.3 is 6.18 Å². The largest absolute Gasteiger partial charge is 0.393 e. The molecule has 12 heteroatoms. The molecule has 24 heavy (non-hydrogen) atoms. The van der Waals surface area contributed by atoms with Crippen LogP contribution < -0.4 is 10.0 Å². The fraction of sp³-hybridized carbons (Fsp3) is 0.417. The van der Waals surface area contributed by atoms with Crippen LogP contribution in [0.1, 0.15) is 6.42 Å². The maximum absolute atomic E-state index is 12.8. The van der Waals surface area contributed by atoms with E-state index in [4.69, 9.17) is 0 Å². The van der Waals surface area contributed by atoms with Crippen LogP contribution in [0.4, 0.5) is 18.9 Å². The molecule has 0 aliphatic carbocycles. The molecule has 2 N–H and O–H groups in total. The van der Waals surface area contributed by atoms with E-state index in [0.717, 1.165) is 18.2 Å². The molecule has 1 amide bonds. The molecule has 2 rings (SSSR count). The number of nitrogens with one attached hydrogen (secondary N) is 2. The minimum atomic E-state index is -4.65. The molecule has 0 saturated carbocycles. The Hall–Kier alpha value is -2.21. The minimum Gasteiger partial charge on any atom is -0.305 e. The van der Waals surface area contributed by atoms with E-state index in [9.17, 15) is 36.5 Å². The highest BCUT2D eigenvalue weighted by molar-refractivity contribution is 7.90. The molecular formula is C12H12F3N3O5S. The molecule has 1 aromatic carbocycles. The summed E-state index contributed by atoms with van der Waals surface area (Å²) in [5, 5.41) is 13.0. The number of rotatable bonds is 4. The molecule has 1 saturated heterocycles. The van der Waals surface area contributed by atoms with Crippen molar-refractivity contribution in [1.29, 1.82) is 0 Å². The smallest absolute Gasteiger partial charge is 0.305 e. The summed E-state index contributed by atoms with van der Waals surface area (Å²) in [4.78, 5) is 21.2. The quantitative estimate of drug-likeness (QED) is 0.604. The molecule has 0 bridgehead atoms. The molecule has 1 aromatic rings. The van der Waals surface area contributed by atoms with E-state index in [1.54, 1.807) is 0 Å². The van der Waals surface area contributed by atoms with Crippen LogP contribution in [0.15, 0.2) is 29.2 Å². The van der Waals surface area contributed by atoms with E-state index in [2.05, 4.69) is 5.32 Å². The van der Waals surface area contributed by atoms with Gasteiger partial charge in [0.1, 0.15) is 0 Å². The Labute approximate surface area is 134 Å². The average Bonchev–Trinajstić information content (AvgIpc) is 2.96. The van der Waals surface area contributed by atoms with E-state index in [-0.39, 0.29) is 13.0 Å². The standard InChI is InChI=1S/C12H12F3N3O5S/c13-12(14,15)9-4-5-16-10(9)11(19)17-24(22,23)8-3-1-2-7(6-8)18(20)21/h1-3,6,9-10,16H,4-5H2,(H,17,19)/t9-,10-/m0/s1. The number of hydrogen-bond acceptors (Lipinski definition) is 6. The van der Waals surface area contributed by atoms with Crippen molar-refractivity contribution in [2.24, 2.45) is 5.92 Å². The lowest BCUT2D eigenvalue weighted by Crippen LogP contribution is -2.49. The van der Waals surface area contributed by atoms with Crippen LogP contribution in [-0.2, 0) is 14.8 Å². The number of alkyl halides is 3. The Balaban J connectivity index is 2.21. The molecule has 0 aromatic heterocycles. The van der Waals surface area contributed by atoms with E-state index < -0.39 is 49.6 Å². The van der Waals surface area contributed by atoms with Gasteiger partial charge in [0.05, 0.1) is 21.8 Å². The first-order valence-electron chi connectivity index (χ1n) is 6.63. The van der Waals surface area contributed by atoms with Crippen LogP contribution in [0.25, 0.3) is 0 Å². The second kappa shape index (κ2) is 6.36. The van der Waals surface area contributed by atoms with Crippen LogP contribution in [0.3, 0.4) is 0 Å². The van der Waals surface area contributed by atoms with Crippen molar-refractivity contribution in [2.75, 3.05) is 6.54 Å². The van der Waals surface area contributed by atoms with Crippen molar-refractivity contribution in [2.45, 2.75) is 23.5 Å². The number of nitro groups is 1. The summed E-state index contributed by atoms with van der Waals surface area (Å²) in [5.74, 6) is -3.36. The van der Waals surface area contributed by atoms with Crippen molar-refractivity contribution in [1.82, 2.24) is 10.0 Å². The highest BCUT2D eigenvalue weighted by Crippen LogP contribution is 2.34. The van der Waals surface area contributed by atoms with E-state index >= 15 is 0 Å². The Bertz CT molecular complexity index is 765. The number of carbonyl (C=O) groups is 1. The van der Waals surface area contributed by atoms with Crippen LogP contribution in [0.2, 0.25) is 0 Å². The summed E-state index contributed by atoms with van der Waals surface area (Å²) < 4.78 is 64.1. The molecule has 1 heterocycles. The van der Waals surface area contributed by atoms with Gasteiger partial charge in [-0.05, 0) is 19.0 Å². The van der Waals surface area contributed by atoms with Crippen LogP contribution >= 0.6 is 0 Å². The molecule has 0 spiro atoms. The Kier molecular flexibility index (Phi) is 4.80. The van der Waals surface area contributed by atoms with Gasteiger partial charge in [0.2, 0.25) is 0 Å². The molecule has 0 unspecified atom stereocenters. The number of benzene rings is 1. The van der Waals surface area contributed by atoms with Crippen molar-refractivity contribution in [3.8, 4) is 0 Å². The van der Waals surface area contributed by atoms with Crippen molar-refractivity contribution in [3.63, 3.8) is 0 Å². The van der Waals surface area contributed by atoms with E-state index in [1.807, 2.05) is 0 Å². The lowest BCUT2D eigenvalue weighted by molar-refractivity contribution is -0.385. The maximum Gasteiger partial charge on any atom is 0.393 e. The first kappa shape index (κ1) is 18.1. The summed E-state index contributed by atoms with van der Waals surface area (Å²) in [6, 6.07) is 2.09. The van der Waals surface area contributed by atoms with Crippen LogP contribution in [0, 0.1) is 16.0 Å². The number of non-ortho nitro benzene ring substituents is 1. The summed E-state index contributed by atoms with van der Waals surface area (Å²) >= 11 is 0. The van der Waals surface area contributed by atoms with Gasteiger partial charge in [-0.3, -0.25) is 14.9 Å². The molecule has 2 atom stereocenters. The third kappa shape index (κ3) is 3.82. The number of sulfonamides is 1. The summed E-state index contributed by atoms with van der Waals surface area (Å²) in [6.07, 6.45) is -5.00. The highest BCUT2D eigenvalue weighted by Gasteiger charge is 2.50. The molecule has 8 nitrogen and oxygen atoms in total. The van der Waals surface area contributed by atoms with Crippen molar-refractivity contribution >= 4 is 21.6 Å². The Morgan fingerprint density at radius 3 is 2.62 bits per heavy atom. The molecule has 0 radical (unpaired) electrons. The number of carbonyl (C=O) groups excluding carboxylic acids is 1. The Morgan fingerprint density at radius 2 is 2.04 bits per heavy atom. The first-order chi connectivity index (χ1) is 11.0. The van der Waals surface area contributed by atoms with E-state index in [0.29, 0.717) is 6.07 Å². The maximum atomic E-state index is 12.8. The van der Waals surface area contributed by atoms with Gasteiger partial charge in [0, 0.05) is 12.1 Å². The lowest BCUT2D eigenvalue weighted by atomic mass is 10.00. The van der Waals surface area contributed by atoms with Crippen molar-refractivity contribution in [3.05, 3.63) is 34.4 Å². The van der Waals surface area contributed by atoms with Gasteiger partial charge < -0.3 is 5.32 Å². The van der Waals surface area contributed by atoms with Gasteiger partial charge in [0.25, 0.3) is 21.6 Å². The number of hydrogen-bond donors (Lipinski definition) is 2. The molecule has 132 valence electrons. The SMILES string of the molecule is O=C(NS(=O)(=O)c1cccc([N+](=O)[O-])c1)[C@H]1NCC[C@@H]1C(F)(F)F. The monoisotopic (exact) mass is 367 g/mol. The zero-order valence-corrected chi connectivity index (χ0v) is 12.7. The third-order valence-electron chi connectivity index (χ3n) is 3.50.